The number of hydrogen-bond acceptors (Lipinski definition) is 2. The Balaban J connectivity index is 2.81. The van der Waals surface area contributed by atoms with Gasteiger partial charge in [0, 0.05) is 34.7 Å². The number of halogens is 2. The van der Waals surface area contributed by atoms with Crippen molar-refractivity contribution in [3.05, 3.63) is 28.5 Å². The van der Waals surface area contributed by atoms with Crippen molar-refractivity contribution >= 4 is 33.3 Å². The van der Waals surface area contributed by atoms with E-state index in [0.29, 0.717) is 17.9 Å². The number of aromatic nitrogens is 1. The monoisotopic (exact) mass is 247 g/mol. The average molecular weight is 249 g/mol. The van der Waals surface area contributed by atoms with Crippen molar-refractivity contribution in [2.24, 2.45) is 0 Å². The second-order valence-corrected chi connectivity index (χ2v) is 3.55. The van der Waals surface area contributed by atoms with Gasteiger partial charge in [0.15, 0.2) is 5.78 Å². The number of carbonyl (C=O) groups is 1. The van der Waals surface area contributed by atoms with Crippen LogP contribution in [0.15, 0.2) is 22.9 Å². The molecule has 0 radical (unpaired) electrons. The molecule has 0 fully saturated rings. The van der Waals surface area contributed by atoms with E-state index in [1.54, 1.807) is 18.5 Å². The van der Waals surface area contributed by atoms with Crippen LogP contribution in [0.1, 0.15) is 16.8 Å². The van der Waals surface area contributed by atoms with Gasteiger partial charge in [-0.1, -0.05) is 0 Å². The largest absolute Gasteiger partial charge is 0.294 e. The van der Waals surface area contributed by atoms with Crippen LogP contribution in [-0.2, 0) is 0 Å². The number of rotatable bonds is 3. The van der Waals surface area contributed by atoms with E-state index in [4.69, 9.17) is 11.6 Å². The van der Waals surface area contributed by atoms with Crippen molar-refractivity contribution in [1.82, 2.24) is 4.98 Å². The van der Waals surface area contributed by atoms with Crippen molar-refractivity contribution < 1.29 is 4.79 Å². The molecule has 0 saturated carbocycles. The lowest BCUT2D eigenvalue weighted by Crippen LogP contribution is -1.99. The summed E-state index contributed by atoms with van der Waals surface area (Å²) in [6.07, 6.45) is 3.54. The van der Waals surface area contributed by atoms with Crippen molar-refractivity contribution in [2.75, 3.05) is 5.88 Å². The van der Waals surface area contributed by atoms with Crippen LogP contribution in [0.5, 0.6) is 0 Å². The van der Waals surface area contributed by atoms with E-state index >= 15 is 0 Å². The summed E-state index contributed by atoms with van der Waals surface area (Å²) in [4.78, 5) is 15.1. The molecule has 0 spiro atoms. The minimum Gasteiger partial charge on any atom is -0.294 e. The van der Waals surface area contributed by atoms with Crippen LogP contribution >= 0.6 is 27.5 Å². The highest BCUT2D eigenvalue weighted by Crippen LogP contribution is 2.11. The van der Waals surface area contributed by atoms with Gasteiger partial charge >= 0.3 is 0 Å². The maximum atomic E-state index is 11.3. The molecule has 0 N–H and O–H groups in total. The molecule has 12 heavy (non-hydrogen) atoms. The van der Waals surface area contributed by atoms with E-state index in [2.05, 4.69) is 20.9 Å². The van der Waals surface area contributed by atoms with Gasteiger partial charge in [-0.2, -0.15) is 0 Å². The fourth-order valence-corrected chi connectivity index (χ4v) is 1.33. The minimum atomic E-state index is 0.0267. The molecule has 0 aliphatic carbocycles. The molecule has 1 aromatic heterocycles. The highest BCUT2D eigenvalue weighted by molar-refractivity contribution is 9.10. The predicted octanol–water partition coefficient (Wildman–Crippen LogP) is 2.66. The lowest BCUT2D eigenvalue weighted by Gasteiger charge is -1.97. The first-order valence-corrected chi connectivity index (χ1v) is 4.76. The Bertz CT molecular complexity index is 290. The van der Waals surface area contributed by atoms with Crippen LogP contribution in [0.4, 0.5) is 0 Å². The fraction of sp³-hybridized carbons (Fsp3) is 0.250. The van der Waals surface area contributed by atoms with Crippen molar-refractivity contribution in [3.8, 4) is 0 Å². The van der Waals surface area contributed by atoms with E-state index in [9.17, 15) is 4.79 Å². The molecule has 64 valence electrons. The molecule has 0 unspecified atom stereocenters. The minimum absolute atomic E-state index is 0.0267. The van der Waals surface area contributed by atoms with Gasteiger partial charge in [0.1, 0.15) is 0 Å². The molecule has 1 aromatic rings. The summed E-state index contributed by atoms with van der Waals surface area (Å²) < 4.78 is 0.808. The van der Waals surface area contributed by atoms with Crippen LogP contribution < -0.4 is 0 Å². The van der Waals surface area contributed by atoms with Crippen molar-refractivity contribution in [1.29, 1.82) is 0 Å². The predicted molar refractivity (Wildman–Crippen MR) is 51.6 cm³/mol. The first-order valence-electron chi connectivity index (χ1n) is 3.44. The Hall–Kier alpha value is -0.410. The Morgan fingerprint density at radius 2 is 2.33 bits per heavy atom. The van der Waals surface area contributed by atoms with Gasteiger partial charge in [0.25, 0.3) is 0 Å². The molecular formula is C8H7BrClNO. The van der Waals surface area contributed by atoms with Gasteiger partial charge in [0.2, 0.25) is 0 Å². The zero-order valence-corrected chi connectivity index (χ0v) is 8.60. The SMILES string of the molecule is O=C(CCCl)c1cncc(Br)c1. The second-order valence-electron chi connectivity index (χ2n) is 2.25. The average Bonchev–Trinajstić information content (AvgIpc) is 2.05. The molecule has 0 amide bonds. The van der Waals surface area contributed by atoms with E-state index < -0.39 is 0 Å². The first kappa shape index (κ1) is 9.68. The first-order chi connectivity index (χ1) is 5.74. The molecule has 0 aliphatic heterocycles. The van der Waals surface area contributed by atoms with Gasteiger partial charge in [0.05, 0.1) is 0 Å². The summed E-state index contributed by atoms with van der Waals surface area (Å²) in [5.74, 6) is 0.379. The van der Waals surface area contributed by atoms with Crippen LogP contribution in [0.25, 0.3) is 0 Å². The van der Waals surface area contributed by atoms with Gasteiger partial charge in [-0.3, -0.25) is 9.78 Å². The standard InChI is InChI=1S/C8H7BrClNO/c9-7-3-6(4-11-5-7)8(12)1-2-10/h3-5H,1-2H2. The van der Waals surface area contributed by atoms with E-state index in [-0.39, 0.29) is 5.78 Å². The number of alkyl halides is 1. The summed E-state index contributed by atoms with van der Waals surface area (Å²) in [5.41, 5.74) is 0.602. The summed E-state index contributed by atoms with van der Waals surface area (Å²) in [6.45, 7) is 0. The molecular weight excluding hydrogens is 241 g/mol. The van der Waals surface area contributed by atoms with Crippen LogP contribution in [-0.4, -0.2) is 16.6 Å². The third kappa shape index (κ3) is 2.57. The molecule has 0 atom stereocenters. The normalized spacial score (nSPS) is 9.83. The quantitative estimate of drug-likeness (QED) is 0.608. The molecule has 0 saturated heterocycles. The highest BCUT2D eigenvalue weighted by Gasteiger charge is 2.04. The lowest BCUT2D eigenvalue weighted by molar-refractivity contribution is 0.0989. The zero-order valence-electron chi connectivity index (χ0n) is 6.26. The maximum Gasteiger partial charge on any atom is 0.165 e. The summed E-state index contributed by atoms with van der Waals surface area (Å²) in [7, 11) is 0. The molecule has 0 bridgehead atoms. The number of pyridine rings is 1. The third-order valence-electron chi connectivity index (χ3n) is 1.35. The molecule has 4 heteroatoms. The molecule has 0 aromatic carbocycles. The Labute approximate surface area is 84.1 Å². The van der Waals surface area contributed by atoms with Gasteiger partial charge < -0.3 is 0 Å². The van der Waals surface area contributed by atoms with E-state index in [1.165, 1.54) is 0 Å². The Kier molecular flexibility index (Phi) is 3.69. The van der Waals surface area contributed by atoms with Crippen molar-refractivity contribution in [3.63, 3.8) is 0 Å². The number of hydrogen-bond donors (Lipinski definition) is 0. The fourth-order valence-electron chi connectivity index (χ4n) is 0.795. The summed E-state index contributed by atoms with van der Waals surface area (Å²) >= 11 is 8.67. The molecule has 1 rings (SSSR count). The molecule has 0 aliphatic rings. The van der Waals surface area contributed by atoms with Gasteiger partial charge in [-0.05, 0) is 22.0 Å². The lowest BCUT2D eigenvalue weighted by atomic mass is 10.1. The van der Waals surface area contributed by atoms with Crippen molar-refractivity contribution in [2.45, 2.75) is 6.42 Å². The number of ketones is 1. The third-order valence-corrected chi connectivity index (χ3v) is 1.97. The number of Topliss-reactive ketones (excluding diaryl/α,β-unsaturated/α-hetero) is 1. The topological polar surface area (TPSA) is 30.0 Å². The molecule has 2 nitrogen and oxygen atoms in total. The molecule has 1 heterocycles. The highest BCUT2D eigenvalue weighted by atomic mass is 79.9. The smallest absolute Gasteiger partial charge is 0.165 e. The van der Waals surface area contributed by atoms with Crippen LogP contribution in [0.3, 0.4) is 0 Å². The Morgan fingerprint density at radius 3 is 2.92 bits per heavy atom. The number of carbonyl (C=O) groups excluding carboxylic acids is 1. The number of nitrogens with zero attached hydrogens (tertiary/aromatic N) is 1. The van der Waals surface area contributed by atoms with Crippen LogP contribution in [0.2, 0.25) is 0 Å². The maximum absolute atomic E-state index is 11.3. The van der Waals surface area contributed by atoms with Gasteiger partial charge in [-0.25, -0.2) is 0 Å². The zero-order chi connectivity index (χ0) is 8.97. The summed E-state index contributed by atoms with van der Waals surface area (Å²) in [5, 5.41) is 0. The summed E-state index contributed by atoms with van der Waals surface area (Å²) in [6, 6.07) is 1.74. The second kappa shape index (κ2) is 4.58. The van der Waals surface area contributed by atoms with Crippen LogP contribution in [0, 0.1) is 0 Å². The van der Waals surface area contributed by atoms with E-state index in [1.807, 2.05) is 0 Å². The van der Waals surface area contributed by atoms with E-state index in [0.717, 1.165) is 4.47 Å². The van der Waals surface area contributed by atoms with Gasteiger partial charge in [-0.15, -0.1) is 11.6 Å². The Morgan fingerprint density at radius 1 is 1.58 bits per heavy atom.